The molecule has 0 N–H and O–H groups in total. The van der Waals surface area contributed by atoms with E-state index in [9.17, 15) is 17.6 Å². The van der Waals surface area contributed by atoms with Crippen LogP contribution in [-0.4, -0.2) is 62.8 Å². The van der Waals surface area contributed by atoms with Gasteiger partial charge in [0.1, 0.15) is 5.82 Å². The number of hydrogen-bond donors (Lipinski definition) is 0. The van der Waals surface area contributed by atoms with E-state index in [1.807, 2.05) is 37.8 Å². The zero-order valence-corrected chi connectivity index (χ0v) is 20.4. The van der Waals surface area contributed by atoms with Crippen molar-refractivity contribution >= 4 is 21.6 Å². The van der Waals surface area contributed by atoms with Crippen LogP contribution in [0.15, 0.2) is 41.3 Å². The first-order valence-electron chi connectivity index (χ1n) is 11.5. The van der Waals surface area contributed by atoms with E-state index in [-0.39, 0.29) is 24.2 Å². The highest BCUT2D eigenvalue weighted by atomic mass is 32.2. The van der Waals surface area contributed by atoms with Gasteiger partial charge >= 0.3 is 0 Å². The van der Waals surface area contributed by atoms with E-state index >= 15 is 0 Å². The molecule has 8 heteroatoms. The normalized spacial score (nSPS) is 20.2. The molecule has 0 aliphatic carbocycles. The lowest BCUT2D eigenvalue weighted by molar-refractivity contribution is -0.137. The first kappa shape index (κ1) is 23.7. The van der Waals surface area contributed by atoms with Crippen LogP contribution in [0, 0.1) is 32.5 Å². The maximum atomic E-state index is 13.5. The van der Waals surface area contributed by atoms with Gasteiger partial charge in [-0.1, -0.05) is 17.7 Å². The molecule has 1 atom stereocenters. The highest BCUT2D eigenvalue weighted by Gasteiger charge is 2.37. The zero-order chi connectivity index (χ0) is 23.8. The molecule has 2 aromatic rings. The molecular formula is C25H32FN3O3S. The van der Waals surface area contributed by atoms with Crippen LogP contribution < -0.4 is 4.90 Å². The van der Waals surface area contributed by atoms with Gasteiger partial charge < -0.3 is 9.80 Å². The third-order valence-electron chi connectivity index (χ3n) is 6.72. The highest BCUT2D eigenvalue weighted by molar-refractivity contribution is 7.89. The number of nitrogens with zero attached hydrogens (tertiary/aromatic N) is 3. The molecule has 0 aromatic heterocycles. The van der Waals surface area contributed by atoms with E-state index in [1.54, 1.807) is 12.1 Å². The Labute approximate surface area is 196 Å². The second kappa shape index (κ2) is 9.43. The summed E-state index contributed by atoms with van der Waals surface area (Å²) in [6.07, 6.45) is 1.38. The van der Waals surface area contributed by atoms with Crippen molar-refractivity contribution in [3.05, 3.63) is 58.9 Å². The number of piperazine rings is 1. The van der Waals surface area contributed by atoms with Gasteiger partial charge in [-0.05, 0) is 69.0 Å². The minimum atomic E-state index is -3.66. The first-order valence-corrected chi connectivity index (χ1v) is 13.0. The molecule has 2 heterocycles. The smallest absolute Gasteiger partial charge is 0.243 e. The fourth-order valence-electron chi connectivity index (χ4n) is 5.16. The van der Waals surface area contributed by atoms with E-state index in [4.69, 9.17) is 0 Å². The molecular weight excluding hydrogens is 441 g/mol. The van der Waals surface area contributed by atoms with Gasteiger partial charge in [0.05, 0.1) is 10.8 Å². The maximum absolute atomic E-state index is 13.5. The summed E-state index contributed by atoms with van der Waals surface area (Å²) in [5, 5.41) is 0. The summed E-state index contributed by atoms with van der Waals surface area (Å²) in [6, 6.07) is 10.2. The topological polar surface area (TPSA) is 60.9 Å². The van der Waals surface area contributed by atoms with Crippen molar-refractivity contribution in [1.29, 1.82) is 0 Å². The number of carbonyl (C=O) groups excluding carboxylic acids is 1. The number of carbonyl (C=O) groups is 1. The van der Waals surface area contributed by atoms with E-state index in [1.165, 1.54) is 16.4 Å². The summed E-state index contributed by atoms with van der Waals surface area (Å²) in [5.41, 5.74) is 3.48. The van der Waals surface area contributed by atoms with Crippen LogP contribution >= 0.6 is 0 Å². The van der Waals surface area contributed by atoms with Gasteiger partial charge in [0.2, 0.25) is 15.9 Å². The number of anilines is 1. The molecule has 2 aromatic carbocycles. The minimum absolute atomic E-state index is 0.0333. The number of halogens is 1. The number of rotatable bonds is 4. The van der Waals surface area contributed by atoms with Crippen molar-refractivity contribution in [1.82, 2.24) is 9.21 Å². The molecule has 4 rings (SSSR count). The van der Waals surface area contributed by atoms with Gasteiger partial charge in [0, 0.05) is 45.0 Å². The van der Waals surface area contributed by atoms with Gasteiger partial charge in [0.15, 0.2) is 0 Å². The Balaban J connectivity index is 1.42. The quantitative estimate of drug-likeness (QED) is 0.682. The average molecular weight is 474 g/mol. The van der Waals surface area contributed by atoms with Gasteiger partial charge in [-0.25, -0.2) is 12.8 Å². The summed E-state index contributed by atoms with van der Waals surface area (Å²) in [4.78, 5) is 17.6. The summed E-state index contributed by atoms with van der Waals surface area (Å²) in [7, 11) is -3.66. The molecule has 0 saturated carbocycles. The third-order valence-corrected chi connectivity index (χ3v) is 8.89. The number of hydrogen-bond acceptors (Lipinski definition) is 4. The Morgan fingerprint density at radius 2 is 1.55 bits per heavy atom. The van der Waals surface area contributed by atoms with Crippen LogP contribution in [0.25, 0.3) is 0 Å². The predicted molar refractivity (Wildman–Crippen MR) is 127 cm³/mol. The van der Waals surface area contributed by atoms with Crippen molar-refractivity contribution in [3.8, 4) is 0 Å². The third kappa shape index (κ3) is 4.92. The molecule has 2 aliphatic rings. The van der Waals surface area contributed by atoms with Crippen molar-refractivity contribution in [2.24, 2.45) is 5.92 Å². The van der Waals surface area contributed by atoms with E-state index in [0.29, 0.717) is 50.5 Å². The Kier molecular flexibility index (Phi) is 6.77. The lowest BCUT2D eigenvalue weighted by Gasteiger charge is -2.39. The molecule has 2 saturated heterocycles. The number of piperidine rings is 1. The van der Waals surface area contributed by atoms with Crippen molar-refractivity contribution in [2.45, 2.75) is 38.5 Å². The molecule has 1 amide bonds. The summed E-state index contributed by atoms with van der Waals surface area (Å²) < 4.78 is 41.6. The van der Waals surface area contributed by atoms with Crippen LogP contribution in [0.4, 0.5) is 10.1 Å². The van der Waals surface area contributed by atoms with Gasteiger partial charge in [0.25, 0.3) is 0 Å². The second-order valence-electron chi connectivity index (χ2n) is 9.22. The molecule has 2 fully saturated rings. The molecule has 2 aliphatic heterocycles. The molecule has 0 unspecified atom stereocenters. The van der Waals surface area contributed by atoms with Crippen LogP contribution in [0.5, 0.6) is 0 Å². The van der Waals surface area contributed by atoms with E-state index in [0.717, 1.165) is 22.4 Å². The van der Waals surface area contributed by atoms with Crippen molar-refractivity contribution in [3.63, 3.8) is 0 Å². The molecule has 0 bridgehead atoms. The van der Waals surface area contributed by atoms with Crippen LogP contribution in [0.2, 0.25) is 0 Å². The lowest BCUT2D eigenvalue weighted by Crippen LogP contribution is -2.53. The fourth-order valence-corrected chi connectivity index (χ4v) is 7.10. The second-order valence-corrected chi connectivity index (χ2v) is 11.1. The van der Waals surface area contributed by atoms with Crippen LogP contribution in [0.1, 0.15) is 29.5 Å². The monoisotopic (exact) mass is 473 g/mol. The predicted octanol–water partition coefficient (Wildman–Crippen LogP) is 3.50. The summed E-state index contributed by atoms with van der Waals surface area (Å²) >= 11 is 0. The van der Waals surface area contributed by atoms with Gasteiger partial charge in [-0.3, -0.25) is 4.79 Å². The molecule has 0 spiro atoms. The maximum Gasteiger partial charge on any atom is 0.243 e. The average Bonchev–Trinajstić information content (AvgIpc) is 2.78. The van der Waals surface area contributed by atoms with Crippen LogP contribution in [-0.2, 0) is 14.8 Å². The van der Waals surface area contributed by atoms with E-state index < -0.39 is 10.0 Å². The highest BCUT2D eigenvalue weighted by Crippen LogP contribution is 2.30. The molecule has 6 nitrogen and oxygen atoms in total. The van der Waals surface area contributed by atoms with E-state index in [2.05, 4.69) is 4.90 Å². The minimum Gasteiger partial charge on any atom is -0.368 e. The number of aryl methyl sites for hydroxylation is 3. The zero-order valence-electron chi connectivity index (χ0n) is 19.6. The summed E-state index contributed by atoms with van der Waals surface area (Å²) in [5.74, 6) is -0.552. The first-order chi connectivity index (χ1) is 15.7. The molecule has 33 heavy (non-hydrogen) atoms. The van der Waals surface area contributed by atoms with Crippen molar-refractivity contribution < 1.29 is 17.6 Å². The standard InChI is InChI=1S/C25H32FN3O3S/c1-18-15-19(2)24(20(3)16-18)33(31,32)29-10-4-5-21(17-29)25(30)28-13-11-27(12-14-28)23-8-6-22(26)7-9-23/h6-9,15-16,21H,4-5,10-14,17H2,1-3H3/t21-/m1/s1. The Morgan fingerprint density at radius 1 is 0.939 bits per heavy atom. The SMILES string of the molecule is Cc1cc(C)c(S(=O)(=O)N2CCC[C@@H](C(=O)N3CCN(c4ccc(F)cc4)CC3)C2)c(C)c1. The number of benzene rings is 2. The van der Waals surface area contributed by atoms with Crippen LogP contribution in [0.3, 0.4) is 0 Å². The number of sulfonamides is 1. The Bertz CT molecular complexity index is 1100. The Morgan fingerprint density at radius 3 is 2.15 bits per heavy atom. The van der Waals surface area contributed by atoms with Crippen molar-refractivity contribution in [2.75, 3.05) is 44.2 Å². The largest absolute Gasteiger partial charge is 0.368 e. The van der Waals surface area contributed by atoms with Gasteiger partial charge in [-0.15, -0.1) is 0 Å². The molecule has 0 radical (unpaired) electrons. The Hall–Kier alpha value is -2.45. The molecule has 178 valence electrons. The van der Waals surface area contributed by atoms with Gasteiger partial charge in [-0.2, -0.15) is 4.31 Å². The number of amides is 1. The fraction of sp³-hybridized carbons (Fsp3) is 0.480. The summed E-state index contributed by atoms with van der Waals surface area (Å²) in [6.45, 7) is 8.80. The lowest BCUT2D eigenvalue weighted by atomic mass is 9.97.